The Morgan fingerprint density at radius 3 is 2.38 bits per heavy atom. The highest BCUT2D eigenvalue weighted by Gasteiger charge is 2.25. The maximum Gasteiger partial charge on any atom is 0.123 e. The lowest BCUT2D eigenvalue weighted by molar-refractivity contribution is 0.295. The van der Waals surface area contributed by atoms with E-state index in [0.29, 0.717) is 5.92 Å². The van der Waals surface area contributed by atoms with Gasteiger partial charge in [-0.25, -0.2) is 4.39 Å². The highest BCUT2D eigenvalue weighted by Crippen LogP contribution is 2.23. The molecule has 0 aliphatic rings. The Labute approximate surface area is 97.9 Å². The van der Waals surface area contributed by atoms with Crippen LogP contribution in [0.15, 0.2) is 24.3 Å². The van der Waals surface area contributed by atoms with Crippen molar-refractivity contribution in [2.75, 3.05) is 0 Å². The highest BCUT2D eigenvalue weighted by atomic mass is 19.1. The van der Waals surface area contributed by atoms with Gasteiger partial charge in [-0.15, -0.1) is 0 Å². The number of rotatable bonds is 5. The Kier molecular flexibility index (Phi) is 4.48. The topological polar surface area (TPSA) is 26.0 Å². The smallest absolute Gasteiger partial charge is 0.123 e. The van der Waals surface area contributed by atoms with Crippen LogP contribution in [0.4, 0.5) is 4.39 Å². The Bertz CT molecular complexity index is 316. The molecule has 2 heteroatoms. The van der Waals surface area contributed by atoms with Gasteiger partial charge in [-0.2, -0.15) is 0 Å². The van der Waals surface area contributed by atoms with Gasteiger partial charge < -0.3 is 5.73 Å². The fourth-order valence-corrected chi connectivity index (χ4v) is 1.98. The molecule has 2 atom stereocenters. The Morgan fingerprint density at radius 1 is 1.31 bits per heavy atom. The number of halogens is 1. The van der Waals surface area contributed by atoms with Crippen LogP contribution in [0, 0.1) is 11.7 Å². The molecule has 0 saturated heterocycles. The van der Waals surface area contributed by atoms with Crippen molar-refractivity contribution in [1.29, 1.82) is 0 Å². The second-order valence-corrected chi connectivity index (χ2v) is 5.00. The summed E-state index contributed by atoms with van der Waals surface area (Å²) in [6, 6.07) is 6.63. The van der Waals surface area contributed by atoms with Crippen LogP contribution in [0.1, 0.15) is 39.2 Å². The molecule has 0 aliphatic carbocycles. The Morgan fingerprint density at radius 2 is 1.88 bits per heavy atom. The molecule has 0 heterocycles. The van der Waals surface area contributed by atoms with Crippen molar-refractivity contribution >= 4 is 0 Å². The standard InChI is InChI=1S/C14H22FN/c1-4-5-11(2)14(3,16)10-12-6-8-13(15)9-7-12/h6-9,11H,4-5,10,16H2,1-3H3. The van der Waals surface area contributed by atoms with Crippen molar-refractivity contribution < 1.29 is 4.39 Å². The predicted octanol–water partition coefficient (Wildman–Crippen LogP) is 3.52. The van der Waals surface area contributed by atoms with Gasteiger partial charge in [-0.3, -0.25) is 0 Å². The summed E-state index contributed by atoms with van der Waals surface area (Å²) >= 11 is 0. The largest absolute Gasteiger partial charge is 0.325 e. The molecule has 2 unspecified atom stereocenters. The molecule has 0 bridgehead atoms. The van der Waals surface area contributed by atoms with Gasteiger partial charge in [0.15, 0.2) is 0 Å². The maximum absolute atomic E-state index is 12.8. The average Bonchev–Trinajstić information content (AvgIpc) is 2.21. The SMILES string of the molecule is CCCC(C)C(C)(N)Cc1ccc(F)cc1. The molecule has 1 rings (SSSR count). The molecule has 1 aromatic rings. The molecular weight excluding hydrogens is 201 g/mol. The summed E-state index contributed by atoms with van der Waals surface area (Å²) in [5.41, 5.74) is 7.21. The minimum absolute atomic E-state index is 0.191. The van der Waals surface area contributed by atoms with Gasteiger partial charge in [-0.05, 0) is 43.4 Å². The van der Waals surface area contributed by atoms with Crippen LogP contribution < -0.4 is 5.73 Å². The minimum atomic E-state index is -0.214. The van der Waals surface area contributed by atoms with Gasteiger partial charge >= 0.3 is 0 Å². The Balaban J connectivity index is 2.68. The van der Waals surface area contributed by atoms with Crippen molar-refractivity contribution in [1.82, 2.24) is 0 Å². The molecule has 0 amide bonds. The van der Waals surface area contributed by atoms with Gasteiger partial charge in [0.2, 0.25) is 0 Å². The summed E-state index contributed by atoms with van der Waals surface area (Å²) in [4.78, 5) is 0. The van der Waals surface area contributed by atoms with Gasteiger partial charge in [0, 0.05) is 5.54 Å². The molecule has 0 fully saturated rings. The van der Waals surface area contributed by atoms with Crippen molar-refractivity contribution in [3.05, 3.63) is 35.6 Å². The lowest BCUT2D eigenvalue weighted by atomic mass is 9.80. The molecule has 0 aliphatic heterocycles. The summed E-state index contributed by atoms with van der Waals surface area (Å²) < 4.78 is 12.8. The van der Waals surface area contributed by atoms with Crippen molar-refractivity contribution in [3.63, 3.8) is 0 Å². The zero-order valence-electron chi connectivity index (χ0n) is 10.5. The van der Waals surface area contributed by atoms with E-state index < -0.39 is 0 Å². The van der Waals surface area contributed by atoms with E-state index in [0.717, 1.165) is 24.8 Å². The van der Waals surface area contributed by atoms with Crippen molar-refractivity contribution in [2.45, 2.75) is 45.6 Å². The zero-order valence-corrected chi connectivity index (χ0v) is 10.5. The lowest BCUT2D eigenvalue weighted by Gasteiger charge is -2.32. The van der Waals surface area contributed by atoms with E-state index in [1.165, 1.54) is 12.1 Å². The van der Waals surface area contributed by atoms with Gasteiger partial charge in [-0.1, -0.05) is 32.4 Å². The van der Waals surface area contributed by atoms with Crippen LogP contribution in [0.3, 0.4) is 0 Å². The normalized spacial score (nSPS) is 16.8. The number of nitrogens with two attached hydrogens (primary N) is 1. The summed E-state index contributed by atoms with van der Waals surface area (Å²) in [7, 11) is 0. The molecule has 90 valence electrons. The van der Waals surface area contributed by atoms with Crippen molar-refractivity contribution in [3.8, 4) is 0 Å². The molecular formula is C14H22FN. The van der Waals surface area contributed by atoms with E-state index in [2.05, 4.69) is 20.8 Å². The predicted molar refractivity (Wildman–Crippen MR) is 66.8 cm³/mol. The van der Waals surface area contributed by atoms with Crippen LogP contribution in [0.2, 0.25) is 0 Å². The van der Waals surface area contributed by atoms with E-state index in [1.807, 2.05) is 12.1 Å². The van der Waals surface area contributed by atoms with Gasteiger partial charge in [0.1, 0.15) is 5.82 Å². The monoisotopic (exact) mass is 223 g/mol. The fourth-order valence-electron chi connectivity index (χ4n) is 1.98. The third-order valence-corrected chi connectivity index (χ3v) is 3.35. The first-order valence-corrected chi connectivity index (χ1v) is 5.99. The summed E-state index contributed by atoms with van der Waals surface area (Å²) in [6.45, 7) is 6.44. The first-order chi connectivity index (χ1) is 7.45. The second-order valence-electron chi connectivity index (χ2n) is 5.00. The molecule has 1 aromatic carbocycles. The number of benzene rings is 1. The van der Waals surface area contributed by atoms with Crippen LogP contribution in [0.25, 0.3) is 0 Å². The molecule has 0 aromatic heterocycles. The zero-order chi connectivity index (χ0) is 12.2. The highest BCUT2D eigenvalue weighted by molar-refractivity contribution is 5.18. The fraction of sp³-hybridized carbons (Fsp3) is 0.571. The molecule has 16 heavy (non-hydrogen) atoms. The third kappa shape index (κ3) is 3.60. The molecule has 1 nitrogen and oxygen atoms in total. The van der Waals surface area contributed by atoms with E-state index in [1.54, 1.807) is 0 Å². The number of hydrogen-bond donors (Lipinski definition) is 1. The van der Waals surface area contributed by atoms with Crippen LogP contribution in [0.5, 0.6) is 0 Å². The summed E-state index contributed by atoms with van der Waals surface area (Å²) in [5, 5.41) is 0. The molecule has 0 spiro atoms. The van der Waals surface area contributed by atoms with E-state index >= 15 is 0 Å². The van der Waals surface area contributed by atoms with E-state index in [-0.39, 0.29) is 11.4 Å². The average molecular weight is 223 g/mol. The molecule has 0 radical (unpaired) electrons. The van der Waals surface area contributed by atoms with Crippen molar-refractivity contribution in [2.24, 2.45) is 11.7 Å². The third-order valence-electron chi connectivity index (χ3n) is 3.35. The quantitative estimate of drug-likeness (QED) is 0.812. The Hall–Kier alpha value is -0.890. The van der Waals surface area contributed by atoms with E-state index in [4.69, 9.17) is 5.73 Å². The van der Waals surface area contributed by atoms with E-state index in [9.17, 15) is 4.39 Å². The first kappa shape index (κ1) is 13.2. The maximum atomic E-state index is 12.8. The van der Waals surface area contributed by atoms with Crippen LogP contribution in [-0.4, -0.2) is 5.54 Å². The number of hydrogen-bond acceptors (Lipinski definition) is 1. The summed E-state index contributed by atoms with van der Waals surface area (Å²) in [6.07, 6.45) is 3.08. The first-order valence-electron chi connectivity index (χ1n) is 5.99. The lowest BCUT2D eigenvalue weighted by Crippen LogP contribution is -2.45. The summed E-state index contributed by atoms with van der Waals surface area (Å²) in [5.74, 6) is 0.284. The van der Waals surface area contributed by atoms with Crippen LogP contribution in [-0.2, 0) is 6.42 Å². The van der Waals surface area contributed by atoms with Gasteiger partial charge in [0.05, 0.1) is 0 Å². The minimum Gasteiger partial charge on any atom is -0.325 e. The molecule has 2 N–H and O–H groups in total. The van der Waals surface area contributed by atoms with Crippen LogP contribution >= 0.6 is 0 Å². The second kappa shape index (κ2) is 5.44. The van der Waals surface area contributed by atoms with Gasteiger partial charge in [0.25, 0.3) is 0 Å². The molecule has 0 saturated carbocycles.